The number of nitrogens with zero attached hydrogens (tertiary/aromatic N) is 3. The molecule has 0 spiro atoms. The molecular weight excluding hydrogens is 299 g/mol. The minimum Gasteiger partial charge on any atom is -0.354 e. The average molecular weight is 315 g/mol. The van der Waals surface area contributed by atoms with Crippen molar-refractivity contribution in [2.45, 2.75) is 30.7 Å². The van der Waals surface area contributed by atoms with Gasteiger partial charge in [0.2, 0.25) is 0 Å². The van der Waals surface area contributed by atoms with E-state index in [-0.39, 0.29) is 11.4 Å². The first-order chi connectivity index (χ1) is 9.95. The quantitative estimate of drug-likeness (QED) is 0.834. The molecule has 1 aromatic heterocycles. The summed E-state index contributed by atoms with van der Waals surface area (Å²) >= 11 is 1.71. The van der Waals surface area contributed by atoms with Gasteiger partial charge < -0.3 is 4.90 Å². The Kier molecular flexibility index (Phi) is 4.99. The lowest BCUT2D eigenvalue weighted by Gasteiger charge is -2.26. The third-order valence-corrected chi connectivity index (χ3v) is 4.60. The number of pyridine rings is 1. The molecule has 3 nitrogen and oxygen atoms in total. The standard InChI is InChI=1S/C14H16F3N3S/c1-21-11-4-2-3-7-20(9-11)13-10(8-18)5-6-12(19-13)14(15,16)17/h5-6,11H,2-4,7,9H2,1H3. The van der Waals surface area contributed by atoms with Gasteiger partial charge in [0.1, 0.15) is 17.6 Å². The van der Waals surface area contributed by atoms with Gasteiger partial charge in [-0.2, -0.15) is 30.2 Å². The molecule has 1 fully saturated rings. The van der Waals surface area contributed by atoms with Crippen molar-refractivity contribution in [3.63, 3.8) is 0 Å². The molecule has 1 atom stereocenters. The monoisotopic (exact) mass is 315 g/mol. The van der Waals surface area contributed by atoms with E-state index in [4.69, 9.17) is 5.26 Å². The van der Waals surface area contributed by atoms with Gasteiger partial charge in [0, 0.05) is 18.3 Å². The molecule has 0 aromatic carbocycles. The number of aromatic nitrogens is 1. The molecule has 1 aromatic rings. The van der Waals surface area contributed by atoms with E-state index in [1.807, 2.05) is 17.2 Å². The highest BCUT2D eigenvalue weighted by atomic mass is 32.2. The molecule has 2 rings (SSSR count). The summed E-state index contributed by atoms with van der Waals surface area (Å²) < 4.78 is 38.5. The number of alkyl halides is 3. The SMILES string of the molecule is CSC1CCCCN(c2nc(C(F)(F)F)ccc2C#N)C1. The topological polar surface area (TPSA) is 39.9 Å². The van der Waals surface area contributed by atoms with Crippen molar-refractivity contribution in [3.8, 4) is 6.07 Å². The second-order valence-electron chi connectivity index (χ2n) is 4.98. The van der Waals surface area contributed by atoms with Gasteiger partial charge in [-0.1, -0.05) is 6.42 Å². The van der Waals surface area contributed by atoms with Crippen LogP contribution in [0.5, 0.6) is 0 Å². The molecule has 0 bridgehead atoms. The Morgan fingerprint density at radius 1 is 1.38 bits per heavy atom. The van der Waals surface area contributed by atoms with Gasteiger partial charge in [-0.15, -0.1) is 0 Å². The van der Waals surface area contributed by atoms with Crippen LogP contribution in [0, 0.1) is 11.3 Å². The minimum atomic E-state index is -4.49. The predicted octanol–water partition coefficient (Wildman–Crippen LogP) is 3.69. The zero-order chi connectivity index (χ0) is 15.5. The molecule has 1 aliphatic heterocycles. The molecule has 21 heavy (non-hydrogen) atoms. The van der Waals surface area contributed by atoms with Crippen LogP contribution in [0.3, 0.4) is 0 Å². The van der Waals surface area contributed by atoms with E-state index in [1.54, 1.807) is 11.8 Å². The number of rotatable bonds is 2. The van der Waals surface area contributed by atoms with E-state index in [0.717, 1.165) is 25.3 Å². The number of thioether (sulfide) groups is 1. The minimum absolute atomic E-state index is 0.160. The van der Waals surface area contributed by atoms with Crippen LogP contribution in [0.15, 0.2) is 12.1 Å². The van der Waals surface area contributed by atoms with Crippen molar-refractivity contribution in [1.82, 2.24) is 4.98 Å². The molecule has 1 aliphatic rings. The Morgan fingerprint density at radius 2 is 2.14 bits per heavy atom. The second kappa shape index (κ2) is 6.56. The summed E-state index contributed by atoms with van der Waals surface area (Å²) in [6.45, 7) is 1.27. The Labute approximate surface area is 126 Å². The molecule has 0 amide bonds. The van der Waals surface area contributed by atoms with Crippen LogP contribution in [-0.4, -0.2) is 29.6 Å². The van der Waals surface area contributed by atoms with Gasteiger partial charge in [0.15, 0.2) is 0 Å². The Morgan fingerprint density at radius 3 is 2.76 bits per heavy atom. The molecule has 0 N–H and O–H groups in total. The van der Waals surface area contributed by atoms with Crippen molar-refractivity contribution in [1.29, 1.82) is 5.26 Å². The lowest BCUT2D eigenvalue weighted by molar-refractivity contribution is -0.141. The molecule has 7 heteroatoms. The molecule has 1 unspecified atom stereocenters. The second-order valence-corrected chi connectivity index (χ2v) is 6.11. The van der Waals surface area contributed by atoms with Crippen molar-refractivity contribution in [2.24, 2.45) is 0 Å². The highest BCUT2D eigenvalue weighted by Gasteiger charge is 2.34. The number of halogens is 3. The molecule has 0 saturated carbocycles. The van der Waals surface area contributed by atoms with Crippen LogP contribution >= 0.6 is 11.8 Å². The van der Waals surface area contributed by atoms with Gasteiger partial charge in [-0.3, -0.25) is 0 Å². The van der Waals surface area contributed by atoms with E-state index >= 15 is 0 Å². The third kappa shape index (κ3) is 3.82. The largest absolute Gasteiger partial charge is 0.433 e. The van der Waals surface area contributed by atoms with Crippen LogP contribution < -0.4 is 4.90 Å². The van der Waals surface area contributed by atoms with Gasteiger partial charge in [0.25, 0.3) is 0 Å². The zero-order valence-corrected chi connectivity index (χ0v) is 12.5. The van der Waals surface area contributed by atoms with Crippen molar-refractivity contribution < 1.29 is 13.2 Å². The fourth-order valence-electron chi connectivity index (χ4n) is 2.42. The summed E-state index contributed by atoms with van der Waals surface area (Å²) in [5, 5.41) is 9.49. The highest BCUT2D eigenvalue weighted by molar-refractivity contribution is 7.99. The maximum absolute atomic E-state index is 12.8. The van der Waals surface area contributed by atoms with Crippen LogP contribution in [0.1, 0.15) is 30.5 Å². The fourth-order valence-corrected chi connectivity index (χ4v) is 3.15. The third-order valence-electron chi connectivity index (χ3n) is 3.55. The lowest BCUT2D eigenvalue weighted by atomic mass is 10.2. The maximum Gasteiger partial charge on any atom is 0.433 e. The van der Waals surface area contributed by atoms with E-state index in [1.165, 1.54) is 6.07 Å². The Hall–Kier alpha value is -1.42. The fraction of sp³-hybridized carbons (Fsp3) is 0.571. The number of nitriles is 1. The summed E-state index contributed by atoms with van der Waals surface area (Å²) in [6.07, 6.45) is 0.494. The normalized spacial score (nSPS) is 20.0. The number of hydrogen-bond acceptors (Lipinski definition) is 4. The van der Waals surface area contributed by atoms with Gasteiger partial charge in [-0.25, -0.2) is 4.98 Å². The number of anilines is 1. The number of hydrogen-bond donors (Lipinski definition) is 0. The molecule has 114 valence electrons. The summed E-state index contributed by atoms with van der Waals surface area (Å²) in [6, 6.07) is 4.03. The Bertz CT molecular complexity index is 539. The van der Waals surface area contributed by atoms with E-state index in [0.29, 0.717) is 18.3 Å². The average Bonchev–Trinajstić information content (AvgIpc) is 2.71. The summed E-state index contributed by atoms with van der Waals surface area (Å²) in [7, 11) is 0. The first-order valence-corrected chi connectivity index (χ1v) is 8.00. The molecule has 0 aliphatic carbocycles. The van der Waals surface area contributed by atoms with Gasteiger partial charge in [-0.05, 0) is 31.2 Å². The smallest absolute Gasteiger partial charge is 0.354 e. The molecular formula is C14H16F3N3S. The molecule has 2 heterocycles. The van der Waals surface area contributed by atoms with Crippen LogP contribution in [0.4, 0.5) is 19.0 Å². The summed E-state index contributed by atoms with van der Waals surface area (Å²) in [5.74, 6) is 0.160. The van der Waals surface area contributed by atoms with Crippen molar-refractivity contribution >= 4 is 17.6 Å². The maximum atomic E-state index is 12.8. The summed E-state index contributed by atoms with van der Waals surface area (Å²) in [5.41, 5.74) is -0.744. The molecule has 1 saturated heterocycles. The predicted molar refractivity (Wildman–Crippen MR) is 77.3 cm³/mol. The van der Waals surface area contributed by atoms with E-state index in [9.17, 15) is 13.2 Å². The summed E-state index contributed by atoms with van der Waals surface area (Å²) in [4.78, 5) is 5.54. The first-order valence-electron chi connectivity index (χ1n) is 6.71. The highest BCUT2D eigenvalue weighted by Crippen LogP contribution is 2.32. The van der Waals surface area contributed by atoms with Gasteiger partial charge in [0.05, 0.1) is 5.56 Å². The van der Waals surface area contributed by atoms with Crippen LogP contribution in [0.25, 0.3) is 0 Å². The van der Waals surface area contributed by atoms with Crippen molar-refractivity contribution in [3.05, 3.63) is 23.4 Å². The van der Waals surface area contributed by atoms with Crippen molar-refractivity contribution in [2.75, 3.05) is 24.2 Å². The first kappa shape index (κ1) is 16.0. The van der Waals surface area contributed by atoms with E-state index in [2.05, 4.69) is 4.98 Å². The lowest BCUT2D eigenvalue weighted by Crippen LogP contribution is -2.31. The molecule has 0 radical (unpaired) electrons. The van der Waals surface area contributed by atoms with Crippen LogP contribution in [-0.2, 0) is 6.18 Å². The zero-order valence-electron chi connectivity index (χ0n) is 11.7. The van der Waals surface area contributed by atoms with Crippen LogP contribution in [0.2, 0.25) is 0 Å². The van der Waals surface area contributed by atoms with Gasteiger partial charge >= 0.3 is 6.18 Å². The van der Waals surface area contributed by atoms with E-state index < -0.39 is 11.9 Å². The Balaban J connectivity index is 2.38.